The van der Waals surface area contributed by atoms with Gasteiger partial charge in [0.15, 0.2) is 0 Å². The van der Waals surface area contributed by atoms with Gasteiger partial charge in [-0.15, -0.1) is 0 Å². The Bertz CT molecular complexity index is 644. The Kier molecular flexibility index (Phi) is 6.96. The average Bonchev–Trinajstić information content (AvgIpc) is 3.26. The molecule has 1 saturated heterocycles. The van der Waals surface area contributed by atoms with E-state index in [0.29, 0.717) is 5.92 Å². The van der Waals surface area contributed by atoms with Crippen LogP contribution < -0.4 is 0 Å². The summed E-state index contributed by atoms with van der Waals surface area (Å²) in [4.78, 5) is 7.29. The van der Waals surface area contributed by atoms with Crippen molar-refractivity contribution >= 4 is 11.8 Å². The zero-order chi connectivity index (χ0) is 17.5. The summed E-state index contributed by atoms with van der Waals surface area (Å²) in [6, 6.07) is 10.6. The second-order valence-corrected chi connectivity index (χ2v) is 7.73. The molecule has 0 radical (unpaired) electrons. The minimum Gasteiger partial charge on any atom is -0.383 e. The summed E-state index contributed by atoms with van der Waals surface area (Å²) in [5.74, 6) is 1.85. The topological polar surface area (TPSA) is 30.3 Å². The maximum absolute atomic E-state index is 5.21. The Morgan fingerprint density at radius 2 is 2.12 bits per heavy atom. The van der Waals surface area contributed by atoms with Gasteiger partial charge in [0.2, 0.25) is 0 Å². The number of thioether (sulfide) groups is 1. The van der Waals surface area contributed by atoms with Crippen LogP contribution in [0.2, 0.25) is 0 Å². The van der Waals surface area contributed by atoms with Crippen molar-refractivity contribution in [3.05, 3.63) is 42.4 Å². The predicted molar refractivity (Wildman–Crippen MR) is 106 cm³/mol. The number of nitrogens with zero attached hydrogens (tertiary/aromatic N) is 3. The monoisotopic (exact) mass is 359 g/mol. The van der Waals surface area contributed by atoms with E-state index in [2.05, 4.69) is 52.4 Å². The average molecular weight is 360 g/mol. The molecule has 0 aliphatic carbocycles. The number of rotatable bonds is 9. The molecule has 0 unspecified atom stereocenters. The molecule has 2 heterocycles. The van der Waals surface area contributed by atoms with Gasteiger partial charge < -0.3 is 14.2 Å². The SMILES string of the molecule is COCCN1CC[C@H](Cn2cnc(-c3ccccc3)c2CCSC)C1. The number of hydrogen-bond acceptors (Lipinski definition) is 4. The highest BCUT2D eigenvalue weighted by molar-refractivity contribution is 7.98. The lowest BCUT2D eigenvalue weighted by Crippen LogP contribution is -2.25. The number of hydrogen-bond donors (Lipinski definition) is 0. The third kappa shape index (κ3) is 4.87. The lowest BCUT2D eigenvalue weighted by Gasteiger charge is -2.17. The third-order valence-corrected chi connectivity index (χ3v) is 5.59. The Morgan fingerprint density at radius 1 is 1.28 bits per heavy atom. The van der Waals surface area contributed by atoms with Crippen molar-refractivity contribution in [1.82, 2.24) is 14.5 Å². The molecule has 1 aliphatic rings. The van der Waals surface area contributed by atoms with Crippen LogP contribution in [0, 0.1) is 5.92 Å². The highest BCUT2D eigenvalue weighted by Gasteiger charge is 2.24. The van der Waals surface area contributed by atoms with E-state index in [1.54, 1.807) is 7.11 Å². The Hall–Kier alpha value is -1.30. The Balaban J connectivity index is 1.72. The van der Waals surface area contributed by atoms with Crippen LogP contribution in [0.4, 0.5) is 0 Å². The number of methoxy groups -OCH3 is 1. The van der Waals surface area contributed by atoms with Crippen molar-refractivity contribution in [2.24, 2.45) is 5.92 Å². The van der Waals surface area contributed by atoms with Gasteiger partial charge in [0, 0.05) is 38.0 Å². The molecule has 0 spiro atoms. The molecule has 0 amide bonds. The summed E-state index contributed by atoms with van der Waals surface area (Å²) in [6.45, 7) is 5.31. The lowest BCUT2D eigenvalue weighted by atomic mass is 10.1. The molecule has 5 heteroatoms. The van der Waals surface area contributed by atoms with Crippen LogP contribution >= 0.6 is 11.8 Å². The first kappa shape index (κ1) is 18.5. The minimum absolute atomic E-state index is 0.711. The highest BCUT2D eigenvalue weighted by atomic mass is 32.2. The first-order valence-electron chi connectivity index (χ1n) is 9.11. The van der Waals surface area contributed by atoms with Crippen molar-refractivity contribution in [1.29, 1.82) is 0 Å². The second kappa shape index (κ2) is 9.41. The molecular weight excluding hydrogens is 330 g/mol. The van der Waals surface area contributed by atoms with Gasteiger partial charge in [-0.2, -0.15) is 11.8 Å². The quantitative estimate of drug-likeness (QED) is 0.686. The van der Waals surface area contributed by atoms with Gasteiger partial charge in [-0.3, -0.25) is 0 Å². The van der Waals surface area contributed by atoms with Crippen LogP contribution in [0.3, 0.4) is 0 Å². The molecule has 0 saturated carbocycles. The number of benzene rings is 1. The molecule has 1 aromatic heterocycles. The fourth-order valence-corrected chi connectivity index (χ4v) is 4.02. The Labute approximate surface area is 155 Å². The molecule has 2 aromatic rings. The van der Waals surface area contributed by atoms with Gasteiger partial charge >= 0.3 is 0 Å². The molecule has 1 atom stereocenters. The van der Waals surface area contributed by atoms with E-state index in [1.165, 1.54) is 30.8 Å². The van der Waals surface area contributed by atoms with E-state index in [9.17, 15) is 0 Å². The standard InChI is InChI=1S/C20H29N3OS/c1-24-12-11-22-10-8-17(14-22)15-23-16-21-20(19(23)9-13-25-2)18-6-4-3-5-7-18/h3-7,16-17H,8-15H2,1-2H3/t17-/m0/s1. The van der Waals surface area contributed by atoms with E-state index in [0.717, 1.165) is 37.6 Å². The first-order chi connectivity index (χ1) is 12.3. The molecule has 3 rings (SSSR count). The van der Waals surface area contributed by atoms with Crippen molar-refractivity contribution in [3.63, 3.8) is 0 Å². The van der Waals surface area contributed by atoms with Crippen LogP contribution in [-0.4, -0.2) is 59.8 Å². The molecule has 25 heavy (non-hydrogen) atoms. The number of ether oxygens (including phenoxy) is 1. The van der Waals surface area contributed by atoms with Crippen LogP contribution in [-0.2, 0) is 17.7 Å². The van der Waals surface area contributed by atoms with Crippen molar-refractivity contribution in [2.45, 2.75) is 19.4 Å². The molecule has 1 aliphatic heterocycles. The van der Waals surface area contributed by atoms with Crippen LogP contribution in [0.5, 0.6) is 0 Å². The fourth-order valence-electron chi connectivity index (χ4n) is 3.63. The maximum Gasteiger partial charge on any atom is 0.0956 e. The molecule has 0 bridgehead atoms. The van der Waals surface area contributed by atoms with Gasteiger partial charge in [-0.25, -0.2) is 4.98 Å². The van der Waals surface area contributed by atoms with Gasteiger partial charge in [0.05, 0.1) is 18.6 Å². The largest absolute Gasteiger partial charge is 0.383 e. The summed E-state index contributed by atoms with van der Waals surface area (Å²) in [5, 5.41) is 0. The fraction of sp³-hybridized carbons (Fsp3) is 0.550. The summed E-state index contributed by atoms with van der Waals surface area (Å²) >= 11 is 1.90. The summed E-state index contributed by atoms with van der Waals surface area (Å²) in [6.07, 6.45) is 6.57. The first-order valence-corrected chi connectivity index (χ1v) is 10.5. The van der Waals surface area contributed by atoms with Crippen molar-refractivity contribution < 1.29 is 4.74 Å². The summed E-state index contributed by atoms with van der Waals surface area (Å²) in [5.41, 5.74) is 3.77. The number of likely N-dealkylation sites (tertiary alicyclic amines) is 1. The normalized spacial score (nSPS) is 18.1. The molecule has 0 N–H and O–H groups in total. The van der Waals surface area contributed by atoms with E-state index in [-0.39, 0.29) is 0 Å². The maximum atomic E-state index is 5.21. The zero-order valence-electron chi connectivity index (χ0n) is 15.4. The molecule has 1 aromatic carbocycles. The van der Waals surface area contributed by atoms with Gasteiger partial charge in [0.1, 0.15) is 0 Å². The van der Waals surface area contributed by atoms with Crippen molar-refractivity contribution in [3.8, 4) is 11.3 Å². The highest BCUT2D eigenvalue weighted by Crippen LogP contribution is 2.26. The summed E-state index contributed by atoms with van der Waals surface area (Å²) in [7, 11) is 1.78. The third-order valence-electron chi connectivity index (χ3n) is 4.97. The Morgan fingerprint density at radius 3 is 2.88 bits per heavy atom. The molecule has 1 fully saturated rings. The van der Waals surface area contributed by atoms with Crippen LogP contribution in [0.1, 0.15) is 12.1 Å². The molecule has 4 nitrogen and oxygen atoms in total. The second-order valence-electron chi connectivity index (χ2n) is 6.75. The zero-order valence-corrected chi connectivity index (χ0v) is 16.2. The summed E-state index contributed by atoms with van der Waals surface area (Å²) < 4.78 is 7.62. The van der Waals surface area contributed by atoms with E-state index in [1.807, 2.05) is 11.8 Å². The smallest absolute Gasteiger partial charge is 0.0956 e. The van der Waals surface area contributed by atoms with Crippen LogP contribution in [0.25, 0.3) is 11.3 Å². The number of aromatic nitrogens is 2. The predicted octanol–water partition coefficient (Wildman–Crippen LogP) is 3.42. The molecular formula is C20H29N3OS. The van der Waals surface area contributed by atoms with E-state index >= 15 is 0 Å². The van der Waals surface area contributed by atoms with E-state index in [4.69, 9.17) is 9.72 Å². The van der Waals surface area contributed by atoms with Crippen molar-refractivity contribution in [2.75, 3.05) is 45.4 Å². The van der Waals surface area contributed by atoms with Gasteiger partial charge in [0.25, 0.3) is 0 Å². The van der Waals surface area contributed by atoms with Crippen LogP contribution in [0.15, 0.2) is 36.7 Å². The van der Waals surface area contributed by atoms with Gasteiger partial charge in [-0.05, 0) is 37.3 Å². The minimum atomic E-state index is 0.711. The molecule has 136 valence electrons. The van der Waals surface area contributed by atoms with E-state index < -0.39 is 0 Å². The van der Waals surface area contributed by atoms with Gasteiger partial charge in [-0.1, -0.05) is 30.3 Å². The lowest BCUT2D eigenvalue weighted by molar-refractivity contribution is 0.158. The number of imidazole rings is 1.